The molecule has 0 spiro atoms. The number of carbonyl (C=O) groups excluding carboxylic acids is 1. The van der Waals surface area contributed by atoms with Crippen LogP contribution in [0.2, 0.25) is 0 Å². The van der Waals surface area contributed by atoms with E-state index in [1.807, 2.05) is 32.9 Å². The highest BCUT2D eigenvalue weighted by Gasteiger charge is 2.25. The van der Waals surface area contributed by atoms with Gasteiger partial charge in [-0.1, -0.05) is 0 Å². The Labute approximate surface area is 197 Å². The van der Waals surface area contributed by atoms with Crippen LogP contribution in [-0.4, -0.2) is 39.6 Å². The second kappa shape index (κ2) is 8.68. The summed E-state index contributed by atoms with van der Waals surface area (Å²) in [6, 6.07) is 8.82. The minimum absolute atomic E-state index is 0.00887. The van der Waals surface area contributed by atoms with Gasteiger partial charge in [0.2, 0.25) is 0 Å². The van der Waals surface area contributed by atoms with Crippen molar-refractivity contribution in [1.82, 2.24) is 4.98 Å². The second-order valence-electron chi connectivity index (χ2n) is 7.77. The Hall–Kier alpha value is -3.11. The summed E-state index contributed by atoms with van der Waals surface area (Å²) in [6.07, 6.45) is 0. The normalized spacial score (nSPS) is 13.5. The molecule has 33 heavy (non-hydrogen) atoms. The van der Waals surface area contributed by atoms with Gasteiger partial charge >= 0.3 is 0 Å². The first-order valence-corrected chi connectivity index (χ1v) is 12.7. The molecule has 1 aliphatic rings. The van der Waals surface area contributed by atoms with Crippen molar-refractivity contribution in [2.75, 3.05) is 29.9 Å². The van der Waals surface area contributed by atoms with E-state index in [4.69, 9.17) is 9.47 Å². The summed E-state index contributed by atoms with van der Waals surface area (Å²) in [5, 5.41) is 0.270. The van der Waals surface area contributed by atoms with Gasteiger partial charge in [-0.2, -0.15) is 0 Å². The molecular weight excluding hydrogens is 462 g/mol. The number of thiazole rings is 1. The molecule has 174 valence electrons. The Morgan fingerprint density at radius 3 is 2.67 bits per heavy atom. The smallest absolute Gasteiger partial charge is 0.264 e. The molecule has 0 aliphatic carbocycles. The Morgan fingerprint density at radius 2 is 1.94 bits per heavy atom. The van der Waals surface area contributed by atoms with Gasteiger partial charge in [0, 0.05) is 17.5 Å². The lowest BCUT2D eigenvalue weighted by Gasteiger charge is -2.26. The summed E-state index contributed by atoms with van der Waals surface area (Å²) < 4.78 is 39.9. The molecule has 0 radical (unpaired) electrons. The highest BCUT2D eigenvalue weighted by atomic mass is 32.2. The number of rotatable bonds is 6. The maximum atomic E-state index is 13.1. The molecule has 2 heterocycles. The van der Waals surface area contributed by atoms with Crippen LogP contribution in [0, 0.1) is 20.8 Å². The largest absolute Gasteiger partial charge is 0.494 e. The summed E-state index contributed by atoms with van der Waals surface area (Å²) in [6.45, 7) is 7.83. The van der Waals surface area contributed by atoms with Crippen LogP contribution < -0.4 is 19.1 Å². The molecule has 1 N–H and O–H groups in total. The SMILES string of the molecule is CCOc1cc(C)c(S(=O)(=O)Nc2nc(-c3ccc4c(c3)N(C)C(=O)CO4)c(C)s2)cc1C. The molecule has 4 rings (SSSR count). The standard InChI is InChI=1S/C23H25N3O5S2/c1-6-30-19-9-14(3)20(10-13(19)2)33(28,29)25-23-24-22(15(4)32-23)16-7-8-18-17(11-16)26(5)21(27)12-31-18/h7-11H,6,12H2,1-5H3,(H,24,25). The molecule has 0 saturated carbocycles. The van der Waals surface area contributed by atoms with E-state index in [0.717, 1.165) is 16.0 Å². The fourth-order valence-corrected chi connectivity index (χ4v) is 6.04. The number of amides is 1. The van der Waals surface area contributed by atoms with Gasteiger partial charge in [0.25, 0.3) is 15.9 Å². The topological polar surface area (TPSA) is 97.8 Å². The number of likely N-dealkylation sites (N-methyl/N-ethyl adjacent to an activating group) is 1. The van der Waals surface area contributed by atoms with Gasteiger partial charge in [-0.05, 0) is 69.2 Å². The molecule has 10 heteroatoms. The Kier molecular flexibility index (Phi) is 6.06. The van der Waals surface area contributed by atoms with Crippen molar-refractivity contribution in [3.8, 4) is 22.8 Å². The molecule has 8 nitrogen and oxygen atoms in total. The highest BCUT2D eigenvalue weighted by molar-refractivity contribution is 7.93. The number of anilines is 2. The van der Waals surface area contributed by atoms with Crippen molar-refractivity contribution in [3.63, 3.8) is 0 Å². The van der Waals surface area contributed by atoms with Gasteiger partial charge in [0.1, 0.15) is 11.5 Å². The van der Waals surface area contributed by atoms with E-state index >= 15 is 0 Å². The van der Waals surface area contributed by atoms with Crippen LogP contribution in [-0.2, 0) is 14.8 Å². The van der Waals surface area contributed by atoms with Crippen LogP contribution in [0.15, 0.2) is 35.2 Å². The fourth-order valence-electron chi connectivity index (χ4n) is 3.66. The first-order valence-electron chi connectivity index (χ1n) is 10.4. The van der Waals surface area contributed by atoms with Crippen LogP contribution in [0.25, 0.3) is 11.3 Å². The molecule has 1 aromatic heterocycles. The van der Waals surface area contributed by atoms with Crippen molar-refractivity contribution in [2.45, 2.75) is 32.6 Å². The third-order valence-corrected chi connectivity index (χ3v) is 7.90. The summed E-state index contributed by atoms with van der Waals surface area (Å²) in [5.74, 6) is 1.15. The zero-order valence-electron chi connectivity index (χ0n) is 19.1. The van der Waals surface area contributed by atoms with Crippen LogP contribution in [0.4, 0.5) is 10.8 Å². The quantitative estimate of drug-likeness (QED) is 0.557. The molecule has 1 aliphatic heterocycles. The first-order chi connectivity index (χ1) is 15.6. The number of ether oxygens (including phenoxy) is 2. The number of benzene rings is 2. The summed E-state index contributed by atoms with van der Waals surface area (Å²) in [4.78, 5) is 19.1. The van der Waals surface area contributed by atoms with E-state index in [1.165, 1.54) is 11.3 Å². The van der Waals surface area contributed by atoms with Crippen molar-refractivity contribution in [2.24, 2.45) is 0 Å². The molecular formula is C23H25N3O5S2. The lowest BCUT2D eigenvalue weighted by molar-refractivity contribution is -0.120. The van der Waals surface area contributed by atoms with Crippen LogP contribution in [0.3, 0.4) is 0 Å². The van der Waals surface area contributed by atoms with E-state index < -0.39 is 10.0 Å². The predicted octanol–water partition coefficient (Wildman–Crippen LogP) is 4.29. The monoisotopic (exact) mass is 487 g/mol. The summed E-state index contributed by atoms with van der Waals surface area (Å²) in [7, 11) is -2.15. The number of sulfonamides is 1. The van der Waals surface area contributed by atoms with E-state index in [-0.39, 0.29) is 22.5 Å². The highest BCUT2D eigenvalue weighted by Crippen LogP contribution is 2.38. The molecule has 0 unspecified atom stereocenters. The van der Waals surface area contributed by atoms with Crippen molar-refractivity contribution < 1.29 is 22.7 Å². The number of aryl methyl sites for hydroxylation is 3. The average Bonchev–Trinajstić information content (AvgIpc) is 3.12. The molecule has 0 atom stereocenters. The number of hydrogen-bond acceptors (Lipinski definition) is 7. The maximum Gasteiger partial charge on any atom is 0.264 e. The fraction of sp³-hybridized carbons (Fsp3) is 0.304. The number of carbonyl (C=O) groups is 1. The van der Waals surface area contributed by atoms with Crippen molar-refractivity contribution in [3.05, 3.63) is 46.3 Å². The number of hydrogen-bond donors (Lipinski definition) is 1. The van der Waals surface area contributed by atoms with Crippen molar-refractivity contribution in [1.29, 1.82) is 0 Å². The van der Waals surface area contributed by atoms with E-state index in [0.29, 0.717) is 35.1 Å². The Balaban J connectivity index is 1.65. The van der Waals surface area contributed by atoms with Crippen LogP contribution in [0.1, 0.15) is 22.9 Å². The zero-order valence-corrected chi connectivity index (χ0v) is 20.7. The molecule has 2 aromatic carbocycles. The first kappa shape index (κ1) is 23.1. The van der Waals surface area contributed by atoms with Crippen molar-refractivity contribution >= 4 is 38.1 Å². The van der Waals surface area contributed by atoms with Gasteiger partial charge in [-0.25, -0.2) is 13.4 Å². The molecule has 3 aromatic rings. The summed E-state index contributed by atoms with van der Waals surface area (Å²) in [5.41, 5.74) is 3.40. The third-order valence-electron chi connectivity index (χ3n) is 5.40. The Morgan fingerprint density at radius 1 is 1.18 bits per heavy atom. The maximum absolute atomic E-state index is 13.1. The lowest BCUT2D eigenvalue weighted by Crippen LogP contribution is -2.35. The third kappa shape index (κ3) is 4.40. The molecule has 1 amide bonds. The van der Waals surface area contributed by atoms with E-state index in [1.54, 1.807) is 37.1 Å². The number of nitrogens with one attached hydrogen (secondary N) is 1. The second-order valence-corrected chi connectivity index (χ2v) is 10.6. The zero-order chi connectivity index (χ0) is 23.9. The number of nitrogens with zero attached hydrogens (tertiary/aromatic N) is 2. The van der Waals surface area contributed by atoms with Crippen LogP contribution >= 0.6 is 11.3 Å². The minimum atomic E-state index is -3.84. The molecule has 0 fully saturated rings. The number of aromatic nitrogens is 1. The lowest BCUT2D eigenvalue weighted by atomic mass is 10.1. The van der Waals surface area contributed by atoms with Crippen LogP contribution in [0.5, 0.6) is 11.5 Å². The van der Waals surface area contributed by atoms with Gasteiger partial charge in [0.05, 0.1) is 22.9 Å². The van der Waals surface area contributed by atoms with Gasteiger partial charge in [-0.15, -0.1) is 11.3 Å². The van der Waals surface area contributed by atoms with Gasteiger partial charge in [-0.3, -0.25) is 9.52 Å². The molecule has 0 bridgehead atoms. The van der Waals surface area contributed by atoms with E-state index in [9.17, 15) is 13.2 Å². The van der Waals surface area contributed by atoms with E-state index in [2.05, 4.69) is 9.71 Å². The average molecular weight is 488 g/mol. The Bertz CT molecular complexity index is 1350. The van der Waals surface area contributed by atoms with Gasteiger partial charge in [0.15, 0.2) is 11.7 Å². The predicted molar refractivity (Wildman–Crippen MR) is 129 cm³/mol. The minimum Gasteiger partial charge on any atom is -0.494 e. The number of fused-ring (bicyclic) bond motifs is 1. The van der Waals surface area contributed by atoms with Gasteiger partial charge < -0.3 is 14.4 Å². The summed E-state index contributed by atoms with van der Waals surface area (Å²) >= 11 is 1.25. The molecule has 0 saturated heterocycles.